The molecule has 0 aliphatic carbocycles. The fourth-order valence-corrected chi connectivity index (χ4v) is 16.0. The lowest BCUT2D eigenvalue weighted by Gasteiger charge is -2.23. The Labute approximate surface area is 638 Å². The number of nitrogens with zero attached hydrogens (tertiary/aromatic N) is 6. The van der Waals surface area contributed by atoms with Crippen LogP contribution in [0.15, 0.2) is 124 Å². The van der Waals surface area contributed by atoms with Crippen molar-refractivity contribution in [1.82, 2.24) is 35.5 Å². The number of anilines is 2. The van der Waals surface area contributed by atoms with E-state index in [2.05, 4.69) is 89.7 Å². The van der Waals surface area contributed by atoms with Crippen LogP contribution in [-0.2, 0) is 71.6 Å². The average molecular weight is 1620 g/mol. The summed E-state index contributed by atoms with van der Waals surface area (Å²) in [6, 6.07) is 31.9. The zero-order chi connectivity index (χ0) is 78.9. The SMILES string of the molecule is CN(C)c1ccc(N=Nc2ccc(C(=O)CCCOP(=O)(O)SCCC(=O)NCCC(=O)NC(COP(O)OCCCCCCNC(=O)C(O)C(O)C(=O)CCCC(=O)CCCc3ccc4ccc5cccc6ccc3c4c56)COP(O)OC[C@H]3O[C@@H](n4cnc5c(=O)[nH]c(N)nc54)C[C@@H]3OCP(=O)(O)O)cc2)cc1. The number of nitrogen functional groups attached to an aromatic ring is 1. The molecule has 1 saturated heterocycles. The van der Waals surface area contributed by atoms with E-state index in [1.54, 1.807) is 24.3 Å². The van der Waals surface area contributed by atoms with Gasteiger partial charge in [0, 0.05) is 89.1 Å². The van der Waals surface area contributed by atoms with Crippen LogP contribution in [0.1, 0.15) is 112 Å². The van der Waals surface area contributed by atoms with E-state index in [9.17, 15) is 77.4 Å². The second-order valence-corrected chi connectivity index (χ2v) is 33.7. The lowest BCUT2D eigenvalue weighted by atomic mass is 9.90. The van der Waals surface area contributed by atoms with Crippen LogP contribution in [0, 0.1) is 0 Å². The highest BCUT2D eigenvalue weighted by Gasteiger charge is 2.40. The molecule has 6 unspecified atom stereocenters. The minimum Gasteiger partial charge on any atom is -0.382 e. The number of aromatic amines is 1. The van der Waals surface area contributed by atoms with E-state index in [-0.39, 0.29) is 112 Å². The maximum absolute atomic E-state index is 13.3. The van der Waals surface area contributed by atoms with Crippen molar-refractivity contribution < 1.29 is 105 Å². The Morgan fingerprint density at radius 1 is 0.727 bits per heavy atom. The largest absolute Gasteiger partial charge is 0.386 e. The molecule has 0 bridgehead atoms. The van der Waals surface area contributed by atoms with E-state index in [4.69, 9.17) is 37.8 Å². The van der Waals surface area contributed by atoms with Gasteiger partial charge in [0.1, 0.15) is 30.6 Å². The average Bonchev–Trinajstić information content (AvgIpc) is 0.899. The summed E-state index contributed by atoms with van der Waals surface area (Å²) >= 11 is 0.517. The molecular weight excluding hydrogens is 1530 g/mol. The number of unbranched alkanes of at least 4 members (excludes halogenated alkanes) is 3. The first-order valence-corrected chi connectivity index (χ1v) is 42.8. The topological polar surface area (TPSA) is 496 Å². The summed E-state index contributed by atoms with van der Waals surface area (Å²) in [5.74, 6) is -3.53. The van der Waals surface area contributed by atoms with Gasteiger partial charge in [-0.05, 0) is 136 Å². The van der Waals surface area contributed by atoms with E-state index >= 15 is 0 Å². The predicted molar refractivity (Wildman–Crippen MR) is 413 cm³/mol. The number of ether oxygens (including phenoxy) is 2. The molecule has 1 aliphatic heterocycles. The number of hydrogen-bond acceptors (Lipinski definition) is 27. The highest BCUT2D eigenvalue weighted by Crippen LogP contribution is 2.56. The van der Waals surface area contributed by atoms with E-state index in [0.717, 1.165) is 22.0 Å². The van der Waals surface area contributed by atoms with Gasteiger partial charge in [0.25, 0.3) is 11.5 Å². The Hall–Kier alpha value is -7.56. The number of aromatic nitrogens is 4. The number of benzene rings is 6. The summed E-state index contributed by atoms with van der Waals surface area (Å²) < 4.78 is 64.8. The molecule has 2 aromatic heterocycles. The number of fused-ring (bicyclic) bond motifs is 1. The molecule has 3 amide bonds. The van der Waals surface area contributed by atoms with Crippen LogP contribution in [0.2, 0.25) is 0 Å². The van der Waals surface area contributed by atoms with Crippen LogP contribution >= 0.6 is 43.0 Å². The zero-order valence-electron chi connectivity index (χ0n) is 60.4. The number of ketones is 3. The number of amides is 3. The van der Waals surface area contributed by atoms with Crippen molar-refractivity contribution in [2.45, 2.75) is 133 Å². The van der Waals surface area contributed by atoms with Crippen molar-refractivity contribution in [1.29, 1.82) is 0 Å². The third-order valence-corrected chi connectivity index (χ3v) is 22.7. The number of imidazole rings is 1. The lowest BCUT2D eigenvalue weighted by Crippen LogP contribution is -2.45. The van der Waals surface area contributed by atoms with Gasteiger partial charge in [-0.2, -0.15) is 15.2 Å². The number of aliphatic hydroxyl groups is 2. The third kappa shape index (κ3) is 26.8. The van der Waals surface area contributed by atoms with Crippen molar-refractivity contribution in [2.75, 3.05) is 83.0 Å². The van der Waals surface area contributed by atoms with Crippen LogP contribution in [0.3, 0.4) is 0 Å². The van der Waals surface area contributed by atoms with Gasteiger partial charge in [-0.3, -0.25) is 47.7 Å². The molecule has 13 N–H and O–H groups in total. The van der Waals surface area contributed by atoms with Gasteiger partial charge >= 0.3 is 31.6 Å². The summed E-state index contributed by atoms with van der Waals surface area (Å²) in [4.78, 5) is 153. The molecule has 0 spiro atoms. The molecule has 8 aromatic rings. The van der Waals surface area contributed by atoms with Crippen molar-refractivity contribution >= 4 is 145 Å². The van der Waals surface area contributed by atoms with Crippen LogP contribution in [0.5, 0.6) is 0 Å². The van der Waals surface area contributed by atoms with Crippen LogP contribution in [0.25, 0.3) is 43.5 Å². The summed E-state index contributed by atoms with van der Waals surface area (Å²) in [7, 11) is -6.21. The molecule has 9 rings (SSSR count). The number of carbonyl (C=O) groups is 6. The van der Waals surface area contributed by atoms with Crippen molar-refractivity contribution in [3.8, 4) is 0 Å². The fraction of sp³-hybridized carbons (Fsp3) is 0.451. The Morgan fingerprint density at radius 2 is 1.39 bits per heavy atom. The van der Waals surface area contributed by atoms with Crippen molar-refractivity contribution in [3.63, 3.8) is 0 Å². The van der Waals surface area contributed by atoms with Gasteiger partial charge in [-0.25, -0.2) is 9.55 Å². The minimum atomic E-state index is -4.69. The van der Waals surface area contributed by atoms with Gasteiger partial charge in [0.15, 0.2) is 28.8 Å². The molecule has 0 radical (unpaired) electrons. The molecule has 6 aromatic carbocycles. The number of nitrogens with one attached hydrogen (secondary N) is 4. The monoisotopic (exact) mass is 1620 g/mol. The van der Waals surface area contributed by atoms with Gasteiger partial charge in [-0.15, -0.1) is 0 Å². The maximum Gasteiger partial charge on any atom is 0.386 e. The number of Topliss-reactive ketones (excluding diaryl/α,β-unsaturated/α-hetero) is 3. The number of aryl methyl sites for hydroxylation is 1. The molecule has 3 heterocycles. The summed E-state index contributed by atoms with van der Waals surface area (Å²) in [6.45, 7) is -5.98. The normalized spacial score (nSPS) is 16.6. The lowest BCUT2D eigenvalue weighted by molar-refractivity contribution is -0.144. The highest BCUT2D eigenvalue weighted by molar-refractivity contribution is 8.54. The smallest absolute Gasteiger partial charge is 0.382 e. The Morgan fingerprint density at radius 3 is 2.10 bits per heavy atom. The van der Waals surface area contributed by atoms with Gasteiger partial charge in [-0.1, -0.05) is 67.4 Å². The van der Waals surface area contributed by atoms with Gasteiger partial charge in [0.05, 0.1) is 62.9 Å². The third-order valence-electron chi connectivity index (χ3n) is 17.7. The number of aliphatic hydroxyl groups excluding tert-OH is 2. The number of nitrogens with two attached hydrogens (primary N) is 1. The molecule has 594 valence electrons. The molecule has 110 heavy (non-hydrogen) atoms. The minimum absolute atomic E-state index is 0.00629. The number of azo groups is 1. The Balaban J connectivity index is 0.657. The second-order valence-electron chi connectivity index (χ2n) is 26.2. The number of hydrogen-bond donors (Lipinski definition) is 12. The van der Waals surface area contributed by atoms with Gasteiger partial charge in [0.2, 0.25) is 17.8 Å². The van der Waals surface area contributed by atoms with Crippen LogP contribution in [-0.4, -0.2) is 192 Å². The van der Waals surface area contributed by atoms with E-state index in [1.165, 1.54) is 32.4 Å². The Kier molecular flexibility index (Phi) is 33.3. The molecule has 9 atom stereocenters. The molecule has 1 fully saturated rings. The van der Waals surface area contributed by atoms with E-state index in [0.29, 0.717) is 73.3 Å². The van der Waals surface area contributed by atoms with Crippen LogP contribution < -0.4 is 32.1 Å². The molecule has 0 saturated carbocycles. The predicted octanol–water partition coefficient (Wildman–Crippen LogP) is 9.02. The summed E-state index contributed by atoms with van der Waals surface area (Å²) in [6.07, 6.45) is -3.69. The van der Waals surface area contributed by atoms with Gasteiger partial charge < -0.3 is 93.4 Å². The number of rotatable bonds is 49. The molecule has 1 aliphatic rings. The second kappa shape index (κ2) is 42.4. The number of carbonyl (C=O) groups excluding carboxylic acids is 6. The first kappa shape index (κ1) is 86.4. The van der Waals surface area contributed by atoms with Crippen molar-refractivity contribution in [2.24, 2.45) is 10.2 Å². The quantitative estimate of drug-likeness (QED) is 0.00556. The van der Waals surface area contributed by atoms with E-state index in [1.807, 2.05) is 49.3 Å². The summed E-state index contributed by atoms with van der Waals surface area (Å²) in [5.41, 5.74) is 8.87. The van der Waals surface area contributed by atoms with Crippen LogP contribution in [0.4, 0.5) is 23.0 Å². The molecule has 34 nitrogen and oxygen atoms in total. The standard InChI is InChI=1S/C71H91N11O23P4S/c1-81(2)53-29-27-51(28-30-53)80-79-50-25-22-46(23-26-50)56(84)17-10-37-104-109(97,98)110-38-33-60(86)73-35-32-61(87)76-52(41-102-107(93)103-42-59-58(99-44-108(94,95)96)39-62(105-59)82-43-75-65-68(82)77-71(72)78-69(65)90)40-101-106(92)100-36-6-4-3-5-34-74-70(91)67(89)66(88)57(85)16-9-15-54(83)14-8-11-45-18-19-49-21-20-47-12-7-13-48-24-31-55(45)64(49)63(47)48/h7,12-13,18-31,43,52,58-59,62,66-67,88-89,92-93H,3-6,8-11,14-17,32-42,44H2,1-2H3,(H,73,86)(H,74,91)(H,76,87)(H,97,98)(H2,94,95,96)(H3,72,77,78,90)/t52?,58-,59+,62+,66?,67?,106?,107?/m0/s1. The fourth-order valence-electron chi connectivity index (χ4n) is 12.0. The van der Waals surface area contributed by atoms with E-state index < -0.39 is 124 Å². The Bertz CT molecular complexity index is 4580. The first-order valence-electron chi connectivity index (χ1n) is 35.5. The zero-order valence-corrected chi connectivity index (χ0v) is 64.8. The maximum atomic E-state index is 13.3. The first-order chi connectivity index (χ1) is 52.7. The van der Waals surface area contributed by atoms with Crippen molar-refractivity contribution in [3.05, 3.63) is 131 Å². The molecule has 39 heteroatoms. The highest BCUT2D eigenvalue weighted by atomic mass is 32.7. The number of H-pyrrole nitrogens is 1. The molecular formula is C71H91N11O23P4S. The summed E-state index contributed by atoms with van der Waals surface area (Å²) in [5, 5.41) is 44.2.